The summed E-state index contributed by atoms with van der Waals surface area (Å²) in [5.74, 6) is -0.740. The third-order valence-corrected chi connectivity index (χ3v) is 5.04. The number of hydrogen-bond donors (Lipinski definition) is 1. The number of benzene rings is 1. The number of fused-ring (bicyclic) bond motifs is 1. The lowest BCUT2D eigenvalue weighted by molar-refractivity contribution is 0.0600. The number of ether oxygens (including phenoxy) is 1. The molecule has 1 heterocycles. The Labute approximate surface area is 137 Å². The average molecular weight is 326 g/mol. The number of nitrogens with zero attached hydrogens (tertiary/aromatic N) is 1. The van der Waals surface area contributed by atoms with Crippen molar-refractivity contribution in [1.29, 1.82) is 5.26 Å². The average Bonchev–Trinajstić information content (AvgIpc) is 3.14. The number of esters is 1. The molecule has 1 aromatic carbocycles. The second kappa shape index (κ2) is 6.23. The van der Waals surface area contributed by atoms with Gasteiger partial charge in [0.2, 0.25) is 0 Å². The zero-order valence-electron chi connectivity index (χ0n) is 12.5. The third kappa shape index (κ3) is 2.83. The Kier molecular flexibility index (Phi) is 4.13. The molecule has 0 radical (unpaired) electrons. The number of rotatable bonds is 3. The third-order valence-electron chi connectivity index (χ3n) is 3.83. The first-order valence-electron chi connectivity index (χ1n) is 7.18. The Hall–Kier alpha value is -2.65. The summed E-state index contributed by atoms with van der Waals surface area (Å²) in [7, 11) is 1.31. The van der Waals surface area contributed by atoms with Crippen molar-refractivity contribution in [3.8, 4) is 6.07 Å². The predicted molar refractivity (Wildman–Crippen MR) is 86.8 cm³/mol. The van der Waals surface area contributed by atoms with Crippen molar-refractivity contribution in [2.24, 2.45) is 0 Å². The summed E-state index contributed by atoms with van der Waals surface area (Å²) in [6, 6.07) is 8.41. The lowest BCUT2D eigenvalue weighted by atomic mass is 10.1. The minimum atomic E-state index is -0.446. The van der Waals surface area contributed by atoms with Crippen LogP contribution in [0.15, 0.2) is 24.3 Å². The minimum absolute atomic E-state index is 0.294. The van der Waals surface area contributed by atoms with Crippen molar-refractivity contribution < 1.29 is 14.3 Å². The molecule has 2 aromatic rings. The van der Waals surface area contributed by atoms with Gasteiger partial charge in [-0.3, -0.25) is 4.79 Å². The zero-order chi connectivity index (χ0) is 16.4. The lowest BCUT2D eigenvalue weighted by Crippen LogP contribution is -2.12. The monoisotopic (exact) mass is 326 g/mol. The van der Waals surface area contributed by atoms with Gasteiger partial charge in [-0.15, -0.1) is 11.3 Å². The zero-order valence-corrected chi connectivity index (χ0v) is 13.3. The maximum Gasteiger partial charge on any atom is 0.337 e. The van der Waals surface area contributed by atoms with E-state index in [2.05, 4.69) is 16.1 Å². The van der Waals surface area contributed by atoms with Gasteiger partial charge in [-0.25, -0.2) is 4.79 Å². The Bertz CT molecular complexity index is 816. The first-order valence-corrected chi connectivity index (χ1v) is 8.00. The smallest absolute Gasteiger partial charge is 0.337 e. The first kappa shape index (κ1) is 15.3. The fraction of sp³-hybridized carbons (Fsp3) is 0.235. The van der Waals surface area contributed by atoms with Crippen LogP contribution in [0.2, 0.25) is 0 Å². The molecular formula is C17H14N2O3S. The number of carbonyl (C=O) groups excluding carboxylic acids is 2. The summed E-state index contributed by atoms with van der Waals surface area (Å²) in [4.78, 5) is 24.9. The molecule has 0 fully saturated rings. The van der Waals surface area contributed by atoms with E-state index in [0.29, 0.717) is 21.7 Å². The fourth-order valence-electron chi connectivity index (χ4n) is 2.66. The molecule has 0 bridgehead atoms. The van der Waals surface area contributed by atoms with Gasteiger partial charge in [0.1, 0.15) is 11.1 Å². The molecule has 0 unspecified atom stereocenters. The number of carbonyl (C=O) groups is 2. The van der Waals surface area contributed by atoms with Gasteiger partial charge in [-0.2, -0.15) is 5.26 Å². The molecule has 1 aliphatic carbocycles. The number of methoxy groups -OCH3 is 1. The van der Waals surface area contributed by atoms with E-state index in [4.69, 9.17) is 0 Å². The number of aryl methyl sites for hydroxylation is 1. The summed E-state index contributed by atoms with van der Waals surface area (Å²) >= 11 is 1.48. The molecule has 0 atom stereocenters. The van der Waals surface area contributed by atoms with Crippen LogP contribution in [-0.2, 0) is 17.6 Å². The van der Waals surface area contributed by atoms with Crippen LogP contribution in [-0.4, -0.2) is 19.0 Å². The molecule has 0 saturated heterocycles. The van der Waals surface area contributed by atoms with Gasteiger partial charge in [-0.05, 0) is 49.1 Å². The minimum Gasteiger partial charge on any atom is -0.465 e. The van der Waals surface area contributed by atoms with Crippen molar-refractivity contribution in [2.75, 3.05) is 12.4 Å². The van der Waals surface area contributed by atoms with E-state index in [0.717, 1.165) is 24.8 Å². The van der Waals surface area contributed by atoms with Crippen molar-refractivity contribution >= 4 is 28.2 Å². The number of hydrogen-bond acceptors (Lipinski definition) is 5. The normalized spacial score (nSPS) is 12.3. The summed E-state index contributed by atoms with van der Waals surface area (Å²) < 4.78 is 4.62. The van der Waals surface area contributed by atoms with Crippen molar-refractivity contribution in [3.05, 3.63) is 51.4 Å². The van der Waals surface area contributed by atoms with E-state index in [1.807, 2.05) is 0 Å². The molecule has 5 nitrogen and oxygen atoms in total. The standard InChI is InChI=1S/C17H14N2O3S/c1-22-17(21)11-7-5-10(6-8-11)15(20)19-16-13(9-18)12-3-2-4-14(12)23-16/h5-8H,2-4H2,1H3,(H,19,20). The van der Waals surface area contributed by atoms with Crippen LogP contribution in [0, 0.1) is 11.3 Å². The molecular weight excluding hydrogens is 312 g/mol. The largest absolute Gasteiger partial charge is 0.465 e. The van der Waals surface area contributed by atoms with E-state index in [9.17, 15) is 14.9 Å². The van der Waals surface area contributed by atoms with E-state index in [1.165, 1.54) is 23.3 Å². The van der Waals surface area contributed by atoms with Crippen molar-refractivity contribution in [2.45, 2.75) is 19.3 Å². The summed E-state index contributed by atoms with van der Waals surface area (Å²) in [5, 5.41) is 12.8. The van der Waals surface area contributed by atoms with Gasteiger partial charge in [0.15, 0.2) is 0 Å². The van der Waals surface area contributed by atoms with Gasteiger partial charge < -0.3 is 10.1 Å². The van der Waals surface area contributed by atoms with Crippen molar-refractivity contribution in [3.63, 3.8) is 0 Å². The molecule has 1 aliphatic rings. The fourth-order valence-corrected chi connectivity index (χ4v) is 3.90. The molecule has 0 spiro atoms. The summed E-state index contributed by atoms with van der Waals surface area (Å²) in [6.45, 7) is 0. The first-order chi connectivity index (χ1) is 11.1. The van der Waals surface area contributed by atoms with E-state index in [1.54, 1.807) is 24.3 Å². The van der Waals surface area contributed by atoms with Gasteiger partial charge in [-0.1, -0.05) is 0 Å². The highest BCUT2D eigenvalue weighted by atomic mass is 32.1. The van der Waals surface area contributed by atoms with Crippen LogP contribution in [0.1, 0.15) is 43.1 Å². The second-order valence-corrected chi connectivity index (χ2v) is 6.30. The molecule has 0 saturated carbocycles. The molecule has 6 heteroatoms. The van der Waals surface area contributed by atoms with Crippen LogP contribution in [0.5, 0.6) is 0 Å². The lowest BCUT2D eigenvalue weighted by Gasteiger charge is -2.05. The Morgan fingerprint density at radius 1 is 1.22 bits per heavy atom. The molecule has 3 rings (SSSR count). The number of thiophene rings is 1. The Morgan fingerprint density at radius 3 is 2.57 bits per heavy atom. The molecule has 1 aromatic heterocycles. The Balaban J connectivity index is 1.80. The highest BCUT2D eigenvalue weighted by molar-refractivity contribution is 7.16. The number of nitrogens with one attached hydrogen (secondary N) is 1. The summed E-state index contributed by atoms with van der Waals surface area (Å²) in [5.41, 5.74) is 2.47. The second-order valence-electron chi connectivity index (χ2n) is 5.20. The highest BCUT2D eigenvalue weighted by Gasteiger charge is 2.23. The van der Waals surface area contributed by atoms with Crippen LogP contribution < -0.4 is 5.32 Å². The SMILES string of the molecule is COC(=O)c1ccc(C(=O)Nc2sc3c(c2C#N)CCC3)cc1. The maximum atomic E-state index is 12.3. The van der Waals surface area contributed by atoms with Gasteiger partial charge in [0.25, 0.3) is 5.91 Å². The Morgan fingerprint density at radius 2 is 1.91 bits per heavy atom. The topological polar surface area (TPSA) is 79.2 Å². The van der Waals surface area contributed by atoms with Crippen molar-refractivity contribution in [1.82, 2.24) is 0 Å². The van der Waals surface area contributed by atoms with Gasteiger partial charge >= 0.3 is 5.97 Å². The quantitative estimate of drug-likeness (QED) is 0.879. The van der Waals surface area contributed by atoms with Gasteiger partial charge in [0.05, 0.1) is 18.2 Å². The van der Waals surface area contributed by atoms with E-state index >= 15 is 0 Å². The predicted octanol–water partition coefficient (Wildman–Crippen LogP) is 3.15. The highest BCUT2D eigenvalue weighted by Crippen LogP contribution is 2.38. The molecule has 1 N–H and O–H groups in total. The van der Waals surface area contributed by atoms with E-state index in [-0.39, 0.29) is 5.91 Å². The molecule has 116 valence electrons. The van der Waals surface area contributed by atoms with Crippen LogP contribution >= 0.6 is 11.3 Å². The van der Waals surface area contributed by atoms with E-state index < -0.39 is 5.97 Å². The summed E-state index contributed by atoms with van der Waals surface area (Å²) in [6.07, 6.45) is 2.94. The van der Waals surface area contributed by atoms with Gasteiger partial charge in [0, 0.05) is 10.4 Å². The molecule has 0 aliphatic heterocycles. The van der Waals surface area contributed by atoms with Crippen LogP contribution in [0.25, 0.3) is 0 Å². The van der Waals surface area contributed by atoms with Crippen LogP contribution in [0.4, 0.5) is 5.00 Å². The maximum absolute atomic E-state index is 12.3. The van der Waals surface area contributed by atoms with Crippen LogP contribution in [0.3, 0.4) is 0 Å². The molecule has 23 heavy (non-hydrogen) atoms. The number of anilines is 1. The number of amides is 1. The molecule has 1 amide bonds. The number of nitriles is 1.